The molecule has 0 bridgehead atoms. The molecule has 0 amide bonds. The van der Waals surface area contributed by atoms with E-state index < -0.39 is 9.84 Å². The fourth-order valence-electron chi connectivity index (χ4n) is 2.19. The molecular formula is C11H13N3O2S. The Morgan fingerprint density at radius 2 is 2.24 bits per heavy atom. The van der Waals surface area contributed by atoms with E-state index >= 15 is 0 Å². The Bertz CT molecular complexity index is 688. The molecule has 90 valence electrons. The van der Waals surface area contributed by atoms with E-state index in [4.69, 9.17) is 5.73 Å². The first-order chi connectivity index (χ1) is 8.09. The largest absolute Gasteiger partial charge is 0.326 e. The van der Waals surface area contributed by atoms with Crippen molar-refractivity contribution in [2.45, 2.75) is 18.7 Å². The summed E-state index contributed by atoms with van der Waals surface area (Å²) in [5.41, 5.74) is 9.05. The van der Waals surface area contributed by atoms with Crippen LogP contribution < -0.4 is 5.73 Å². The van der Waals surface area contributed by atoms with E-state index in [0.717, 1.165) is 22.6 Å². The first-order valence-corrected chi connectivity index (χ1v) is 7.30. The van der Waals surface area contributed by atoms with Crippen LogP contribution in [0.4, 0.5) is 0 Å². The Morgan fingerprint density at radius 3 is 3.00 bits per heavy atom. The van der Waals surface area contributed by atoms with E-state index in [1.807, 2.05) is 22.7 Å². The Kier molecular flexibility index (Phi) is 2.24. The topological polar surface area (TPSA) is 77.5 Å². The molecular weight excluding hydrogens is 238 g/mol. The van der Waals surface area contributed by atoms with Crippen LogP contribution in [0.3, 0.4) is 0 Å². The third-order valence-electron chi connectivity index (χ3n) is 3.10. The van der Waals surface area contributed by atoms with Gasteiger partial charge in [-0.15, -0.1) is 0 Å². The Morgan fingerprint density at radius 1 is 1.41 bits per heavy atom. The minimum atomic E-state index is -2.97. The quantitative estimate of drug-likeness (QED) is 0.789. The zero-order valence-electron chi connectivity index (χ0n) is 9.26. The Balaban J connectivity index is 2.25. The summed E-state index contributed by atoms with van der Waals surface area (Å²) in [4.78, 5) is 4.45. The normalized spacial score (nSPS) is 18.2. The minimum absolute atomic E-state index is 0.0809. The Hall–Kier alpha value is -1.40. The number of aromatic nitrogens is 2. The minimum Gasteiger partial charge on any atom is -0.326 e. The molecule has 0 saturated heterocycles. The zero-order valence-corrected chi connectivity index (χ0v) is 10.1. The lowest BCUT2D eigenvalue weighted by Crippen LogP contribution is -2.19. The fraction of sp³-hybridized carbons (Fsp3) is 0.364. The van der Waals surface area contributed by atoms with Gasteiger partial charge in [0.2, 0.25) is 0 Å². The lowest BCUT2D eigenvalue weighted by atomic mass is 10.2. The first kappa shape index (κ1) is 10.7. The Labute approximate surface area is 99.2 Å². The molecule has 3 heterocycles. The molecule has 0 atom stereocenters. The monoisotopic (exact) mass is 251 g/mol. The predicted molar refractivity (Wildman–Crippen MR) is 64.3 cm³/mol. The SMILES string of the molecule is NCc1ccc2nc3c(n2c1)CS(=O)(=O)CC3. The summed E-state index contributed by atoms with van der Waals surface area (Å²) in [6.07, 6.45) is 2.39. The number of nitrogens with zero attached hydrogens (tertiary/aromatic N) is 2. The molecule has 2 aromatic rings. The molecule has 1 aliphatic rings. The molecule has 1 aliphatic heterocycles. The number of rotatable bonds is 1. The molecule has 17 heavy (non-hydrogen) atoms. The van der Waals surface area contributed by atoms with Crippen molar-refractivity contribution in [3.05, 3.63) is 35.3 Å². The standard InChI is InChI=1S/C11H13N3O2S/c12-5-8-1-2-11-13-9-3-4-17(15,16)7-10(9)14(11)6-8/h1-2,6H,3-5,7,12H2. The van der Waals surface area contributed by atoms with E-state index in [1.54, 1.807) is 0 Å². The number of pyridine rings is 1. The van der Waals surface area contributed by atoms with Crippen molar-refractivity contribution in [1.82, 2.24) is 9.38 Å². The van der Waals surface area contributed by atoms with Crippen LogP contribution in [0.1, 0.15) is 17.0 Å². The molecule has 5 nitrogen and oxygen atoms in total. The van der Waals surface area contributed by atoms with Gasteiger partial charge in [-0.05, 0) is 11.6 Å². The van der Waals surface area contributed by atoms with Gasteiger partial charge in [0, 0.05) is 19.2 Å². The number of hydrogen-bond acceptors (Lipinski definition) is 4. The van der Waals surface area contributed by atoms with E-state index in [9.17, 15) is 8.42 Å². The summed E-state index contributed by atoms with van der Waals surface area (Å²) < 4.78 is 25.1. The van der Waals surface area contributed by atoms with Crippen molar-refractivity contribution in [2.24, 2.45) is 5.73 Å². The maximum Gasteiger partial charge on any atom is 0.156 e. The molecule has 0 aromatic carbocycles. The molecule has 0 radical (unpaired) electrons. The number of aryl methyl sites for hydroxylation is 1. The molecule has 0 spiro atoms. The molecule has 3 rings (SSSR count). The summed E-state index contributed by atoms with van der Waals surface area (Å²) in [6, 6.07) is 3.80. The number of nitrogens with two attached hydrogens (primary N) is 1. The number of sulfone groups is 1. The summed E-state index contributed by atoms with van der Waals surface area (Å²) >= 11 is 0. The summed E-state index contributed by atoms with van der Waals surface area (Å²) in [6.45, 7) is 0.440. The van der Waals surface area contributed by atoms with Crippen LogP contribution in [0.15, 0.2) is 18.3 Å². The van der Waals surface area contributed by atoms with Gasteiger partial charge in [-0.3, -0.25) is 0 Å². The molecule has 0 unspecified atom stereocenters. The van der Waals surface area contributed by atoms with Crippen molar-refractivity contribution in [1.29, 1.82) is 0 Å². The average Bonchev–Trinajstić information content (AvgIpc) is 2.65. The second-order valence-electron chi connectivity index (χ2n) is 4.32. The highest BCUT2D eigenvalue weighted by molar-refractivity contribution is 7.90. The van der Waals surface area contributed by atoms with E-state index in [1.165, 1.54) is 0 Å². The van der Waals surface area contributed by atoms with Crippen LogP contribution in [0.25, 0.3) is 5.65 Å². The summed E-state index contributed by atoms with van der Waals surface area (Å²) in [5.74, 6) is 0.283. The van der Waals surface area contributed by atoms with Gasteiger partial charge in [0.15, 0.2) is 9.84 Å². The van der Waals surface area contributed by atoms with Crippen molar-refractivity contribution >= 4 is 15.5 Å². The number of hydrogen-bond donors (Lipinski definition) is 1. The maximum atomic E-state index is 11.6. The summed E-state index contributed by atoms with van der Waals surface area (Å²) in [7, 11) is -2.97. The van der Waals surface area contributed by atoms with Crippen molar-refractivity contribution in [3.63, 3.8) is 0 Å². The van der Waals surface area contributed by atoms with Gasteiger partial charge < -0.3 is 10.1 Å². The van der Waals surface area contributed by atoms with Crippen molar-refractivity contribution in [2.75, 3.05) is 5.75 Å². The molecule has 0 fully saturated rings. The van der Waals surface area contributed by atoms with Gasteiger partial charge in [0.05, 0.1) is 22.9 Å². The highest BCUT2D eigenvalue weighted by atomic mass is 32.2. The van der Waals surface area contributed by atoms with E-state index in [0.29, 0.717) is 13.0 Å². The van der Waals surface area contributed by atoms with E-state index in [-0.39, 0.29) is 11.5 Å². The van der Waals surface area contributed by atoms with Crippen LogP contribution in [0.2, 0.25) is 0 Å². The summed E-state index contributed by atoms with van der Waals surface area (Å²) in [5, 5.41) is 0. The van der Waals surface area contributed by atoms with E-state index in [2.05, 4.69) is 4.98 Å². The van der Waals surface area contributed by atoms with Gasteiger partial charge in [-0.25, -0.2) is 13.4 Å². The van der Waals surface area contributed by atoms with Crippen LogP contribution in [-0.4, -0.2) is 23.6 Å². The highest BCUT2D eigenvalue weighted by Gasteiger charge is 2.25. The first-order valence-electron chi connectivity index (χ1n) is 5.48. The number of fused-ring (bicyclic) bond motifs is 3. The molecule has 2 N–H and O–H groups in total. The van der Waals surface area contributed by atoms with Gasteiger partial charge in [0.25, 0.3) is 0 Å². The smallest absolute Gasteiger partial charge is 0.156 e. The molecule has 2 aromatic heterocycles. The average molecular weight is 251 g/mol. The number of imidazole rings is 1. The molecule has 0 saturated carbocycles. The third-order valence-corrected chi connectivity index (χ3v) is 4.64. The lowest BCUT2D eigenvalue weighted by molar-refractivity contribution is 0.590. The molecule has 6 heteroatoms. The van der Waals surface area contributed by atoms with Gasteiger partial charge in [0.1, 0.15) is 5.65 Å². The van der Waals surface area contributed by atoms with Crippen LogP contribution in [0.5, 0.6) is 0 Å². The highest BCUT2D eigenvalue weighted by Crippen LogP contribution is 2.22. The third kappa shape index (κ3) is 1.73. The van der Waals surface area contributed by atoms with Gasteiger partial charge in [-0.2, -0.15) is 0 Å². The lowest BCUT2D eigenvalue weighted by Gasteiger charge is -2.11. The van der Waals surface area contributed by atoms with Gasteiger partial charge in [-0.1, -0.05) is 6.07 Å². The van der Waals surface area contributed by atoms with Crippen LogP contribution in [0, 0.1) is 0 Å². The second kappa shape index (κ2) is 3.54. The van der Waals surface area contributed by atoms with Crippen molar-refractivity contribution < 1.29 is 8.42 Å². The van der Waals surface area contributed by atoms with Crippen LogP contribution in [-0.2, 0) is 28.6 Å². The zero-order chi connectivity index (χ0) is 12.0. The van der Waals surface area contributed by atoms with Crippen molar-refractivity contribution in [3.8, 4) is 0 Å². The van der Waals surface area contributed by atoms with Gasteiger partial charge >= 0.3 is 0 Å². The molecule has 0 aliphatic carbocycles. The predicted octanol–water partition coefficient (Wildman–Crippen LogP) is 0.264. The second-order valence-corrected chi connectivity index (χ2v) is 6.50. The fourth-order valence-corrected chi connectivity index (χ4v) is 3.56. The van der Waals surface area contributed by atoms with Crippen LogP contribution >= 0.6 is 0 Å². The maximum absolute atomic E-state index is 11.6.